The Morgan fingerprint density at radius 2 is 2.06 bits per heavy atom. The van der Waals surface area contributed by atoms with Gasteiger partial charge in [0, 0.05) is 38.2 Å². The number of hydrogen-bond donors (Lipinski definition) is 2. The molecule has 0 bridgehead atoms. The van der Waals surface area contributed by atoms with Crippen molar-refractivity contribution < 1.29 is 14.6 Å². The SMILES string of the molecule is Cc1cccc(-c2cc(Nc3cc(O[C@@H]4CCOC[C@@H]4O)c4cnn(C)c4n3)n(C)n2)c1. The van der Waals surface area contributed by atoms with Crippen molar-refractivity contribution in [2.45, 2.75) is 25.6 Å². The first-order valence-electron chi connectivity index (χ1n) is 10.6. The second-order valence-electron chi connectivity index (χ2n) is 8.13. The van der Waals surface area contributed by atoms with Gasteiger partial charge in [-0.05, 0) is 13.0 Å². The van der Waals surface area contributed by atoms with Gasteiger partial charge in [0.25, 0.3) is 0 Å². The first-order chi connectivity index (χ1) is 15.5. The largest absolute Gasteiger partial charge is 0.487 e. The van der Waals surface area contributed by atoms with Gasteiger partial charge in [-0.15, -0.1) is 0 Å². The zero-order chi connectivity index (χ0) is 22.2. The number of aromatic nitrogens is 5. The summed E-state index contributed by atoms with van der Waals surface area (Å²) in [4.78, 5) is 4.72. The molecule has 4 aromatic rings. The number of nitrogens with one attached hydrogen (secondary N) is 1. The molecule has 1 saturated heterocycles. The van der Waals surface area contributed by atoms with E-state index in [2.05, 4.69) is 34.6 Å². The Balaban J connectivity index is 1.47. The van der Waals surface area contributed by atoms with Crippen LogP contribution in [0.25, 0.3) is 22.3 Å². The number of fused-ring (bicyclic) bond motifs is 1. The van der Waals surface area contributed by atoms with Crippen molar-refractivity contribution in [1.82, 2.24) is 24.5 Å². The van der Waals surface area contributed by atoms with E-state index in [-0.39, 0.29) is 12.7 Å². The number of nitrogens with zero attached hydrogens (tertiary/aromatic N) is 5. The van der Waals surface area contributed by atoms with Crippen LogP contribution >= 0.6 is 0 Å². The van der Waals surface area contributed by atoms with Crippen molar-refractivity contribution in [2.75, 3.05) is 18.5 Å². The van der Waals surface area contributed by atoms with Crippen LogP contribution in [0, 0.1) is 6.92 Å². The lowest BCUT2D eigenvalue weighted by molar-refractivity contribution is -0.0746. The van der Waals surface area contributed by atoms with Crippen LogP contribution in [-0.4, -0.2) is 55.1 Å². The molecule has 4 heterocycles. The van der Waals surface area contributed by atoms with Crippen LogP contribution in [-0.2, 0) is 18.8 Å². The van der Waals surface area contributed by atoms with Crippen LogP contribution in [0.15, 0.2) is 42.6 Å². The van der Waals surface area contributed by atoms with Crippen LogP contribution in [0.3, 0.4) is 0 Å². The average molecular weight is 435 g/mol. The van der Waals surface area contributed by atoms with Crippen molar-refractivity contribution in [1.29, 1.82) is 0 Å². The van der Waals surface area contributed by atoms with Crippen molar-refractivity contribution in [3.63, 3.8) is 0 Å². The molecule has 1 aliphatic rings. The molecule has 2 atom stereocenters. The number of hydrogen-bond acceptors (Lipinski definition) is 7. The molecule has 9 heteroatoms. The first-order valence-corrected chi connectivity index (χ1v) is 10.6. The zero-order valence-corrected chi connectivity index (χ0v) is 18.3. The molecular weight excluding hydrogens is 408 g/mol. The number of ether oxygens (including phenoxy) is 2. The average Bonchev–Trinajstić information content (AvgIpc) is 3.33. The van der Waals surface area contributed by atoms with Crippen molar-refractivity contribution in [3.05, 3.63) is 48.2 Å². The summed E-state index contributed by atoms with van der Waals surface area (Å²) in [6.45, 7) is 2.90. The summed E-state index contributed by atoms with van der Waals surface area (Å²) in [7, 11) is 3.73. The molecule has 1 fully saturated rings. The number of aliphatic hydroxyl groups excluding tert-OH is 1. The maximum absolute atomic E-state index is 10.3. The maximum atomic E-state index is 10.3. The molecular formula is C23H26N6O3. The molecule has 9 nitrogen and oxygen atoms in total. The molecule has 0 spiro atoms. The van der Waals surface area contributed by atoms with E-state index in [0.717, 1.165) is 22.5 Å². The van der Waals surface area contributed by atoms with Crippen LogP contribution in [0.4, 0.5) is 11.6 Å². The first kappa shape index (κ1) is 20.5. The molecule has 1 aliphatic heterocycles. The summed E-state index contributed by atoms with van der Waals surface area (Å²) < 4.78 is 15.0. The quantitative estimate of drug-likeness (QED) is 0.498. The van der Waals surface area contributed by atoms with Gasteiger partial charge in [-0.2, -0.15) is 10.2 Å². The minimum Gasteiger partial charge on any atom is -0.487 e. The van der Waals surface area contributed by atoms with E-state index >= 15 is 0 Å². The summed E-state index contributed by atoms with van der Waals surface area (Å²) >= 11 is 0. The highest BCUT2D eigenvalue weighted by molar-refractivity contribution is 5.84. The number of pyridine rings is 1. The molecule has 0 saturated carbocycles. The summed E-state index contributed by atoms with van der Waals surface area (Å²) in [5.41, 5.74) is 3.80. The highest BCUT2D eigenvalue weighted by Gasteiger charge is 2.27. The van der Waals surface area contributed by atoms with Gasteiger partial charge >= 0.3 is 0 Å². The Bertz CT molecular complexity index is 1260. The van der Waals surface area contributed by atoms with Gasteiger partial charge in [-0.3, -0.25) is 9.36 Å². The van der Waals surface area contributed by atoms with Gasteiger partial charge in [0.15, 0.2) is 5.65 Å². The topological polar surface area (TPSA) is 99.2 Å². The van der Waals surface area contributed by atoms with Crippen molar-refractivity contribution >= 4 is 22.7 Å². The van der Waals surface area contributed by atoms with Gasteiger partial charge in [-0.25, -0.2) is 4.98 Å². The van der Waals surface area contributed by atoms with E-state index in [1.54, 1.807) is 15.6 Å². The van der Waals surface area contributed by atoms with Gasteiger partial charge in [0.1, 0.15) is 29.6 Å². The van der Waals surface area contributed by atoms with Gasteiger partial charge < -0.3 is 19.9 Å². The van der Waals surface area contributed by atoms with E-state index in [1.807, 2.05) is 38.4 Å². The fourth-order valence-corrected chi connectivity index (χ4v) is 3.91. The molecule has 1 aromatic carbocycles. The van der Waals surface area contributed by atoms with Gasteiger partial charge in [0.05, 0.1) is 30.5 Å². The lowest BCUT2D eigenvalue weighted by atomic mass is 10.1. The van der Waals surface area contributed by atoms with Gasteiger partial charge in [0.2, 0.25) is 0 Å². The second kappa shape index (κ2) is 8.25. The molecule has 0 radical (unpaired) electrons. The number of aliphatic hydroxyl groups is 1. The Morgan fingerprint density at radius 1 is 1.19 bits per heavy atom. The van der Waals surface area contributed by atoms with E-state index in [4.69, 9.17) is 14.5 Å². The third-order valence-corrected chi connectivity index (χ3v) is 5.66. The summed E-state index contributed by atoms with van der Waals surface area (Å²) in [6.07, 6.45) is 1.34. The smallest absolute Gasteiger partial charge is 0.163 e. The van der Waals surface area contributed by atoms with Crippen molar-refractivity contribution in [2.24, 2.45) is 14.1 Å². The molecule has 32 heavy (non-hydrogen) atoms. The minimum absolute atomic E-state index is 0.272. The molecule has 3 aromatic heterocycles. The van der Waals surface area contributed by atoms with E-state index < -0.39 is 6.10 Å². The highest BCUT2D eigenvalue weighted by atomic mass is 16.5. The predicted molar refractivity (Wildman–Crippen MR) is 121 cm³/mol. The normalized spacial score (nSPS) is 18.8. The van der Waals surface area contributed by atoms with E-state index in [9.17, 15) is 5.11 Å². The Labute approximate surface area is 185 Å². The maximum Gasteiger partial charge on any atom is 0.163 e. The number of benzene rings is 1. The molecule has 0 unspecified atom stereocenters. The Kier molecular flexibility index (Phi) is 5.28. The van der Waals surface area contributed by atoms with Crippen molar-refractivity contribution in [3.8, 4) is 17.0 Å². The lowest BCUT2D eigenvalue weighted by Crippen LogP contribution is -2.40. The van der Waals surface area contributed by atoms with Crippen LogP contribution in [0.1, 0.15) is 12.0 Å². The fourth-order valence-electron chi connectivity index (χ4n) is 3.91. The molecule has 0 amide bonds. The third kappa shape index (κ3) is 3.92. The van der Waals surface area contributed by atoms with Crippen LogP contribution in [0.5, 0.6) is 5.75 Å². The Morgan fingerprint density at radius 3 is 2.88 bits per heavy atom. The highest BCUT2D eigenvalue weighted by Crippen LogP contribution is 2.31. The second-order valence-corrected chi connectivity index (χ2v) is 8.13. The zero-order valence-electron chi connectivity index (χ0n) is 18.3. The molecule has 2 N–H and O–H groups in total. The third-order valence-electron chi connectivity index (χ3n) is 5.66. The minimum atomic E-state index is -0.672. The number of aryl methyl sites for hydroxylation is 3. The monoisotopic (exact) mass is 434 g/mol. The van der Waals surface area contributed by atoms with Crippen LogP contribution in [0.2, 0.25) is 0 Å². The van der Waals surface area contributed by atoms with Crippen LogP contribution < -0.4 is 10.1 Å². The lowest BCUT2D eigenvalue weighted by Gasteiger charge is -2.28. The molecule has 0 aliphatic carbocycles. The summed E-state index contributed by atoms with van der Waals surface area (Å²) in [5, 5.41) is 23.4. The number of anilines is 2. The van der Waals surface area contributed by atoms with Gasteiger partial charge in [-0.1, -0.05) is 23.8 Å². The standard InChI is InChI=1S/C23H26N6O3/c1-14-5-4-6-15(9-14)17-10-22(28(2)27-17)25-21-11-20(16-12-24-29(3)23(16)26-21)32-19-7-8-31-13-18(19)30/h4-6,9-12,18-19,30H,7-8,13H2,1-3H3,(H,25,26)/t18-,19+/m0/s1. The van der Waals surface area contributed by atoms with E-state index in [0.29, 0.717) is 30.2 Å². The molecule has 5 rings (SSSR count). The predicted octanol–water partition coefficient (Wildman–Crippen LogP) is 2.95. The molecule has 166 valence electrons. The Hall–Kier alpha value is -3.43. The summed E-state index contributed by atoms with van der Waals surface area (Å²) in [5.74, 6) is 2.03. The fraction of sp³-hybridized carbons (Fsp3) is 0.348. The number of rotatable bonds is 5. The van der Waals surface area contributed by atoms with E-state index in [1.165, 1.54) is 5.56 Å². The summed E-state index contributed by atoms with van der Waals surface area (Å²) in [6, 6.07) is 12.1.